The molecule has 0 aromatic carbocycles. The molecule has 6 nitrogen and oxygen atoms in total. The predicted octanol–water partition coefficient (Wildman–Crippen LogP) is 1.47. The Hall–Kier alpha value is -2.06. The lowest BCUT2D eigenvalue weighted by Crippen LogP contribution is -2.45. The number of aromatic nitrogens is 2. The maximum atomic E-state index is 12.6. The van der Waals surface area contributed by atoms with E-state index < -0.39 is 24.0 Å². The van der Waals surface area contributed by atoms with Gasteiger partial charge in [0.25, 0.3) is 0 Å². The number of methoxy groups -OCH3 is 1. The number of rotatable bonds is 7. The molecule has 1 aromatic heterocycles. The number of amides is 1. The predicted molar refractivity (Wildman–Crippen MR) is 70.7 cm³/mol. The molecule has 1 amide bonds. The van der Waals surface area contributed by atoms with E-state index in [1.165, 1.54) is 13.3 Å². The van der Waals surface area contributed by atoms with Gasteiger partial charge in [-0.2, -0.15) is 13.2 Å². The van der Waals surface area contributed by atoms with Gasteiger partial charge >= 0.3 is 18.1 Å². The lowest BCUT2D eigenvalue weighted by Gasteiger charge is -2.26. The fourth-order valence-corrected chi connectivity index (χ4v) is 1.92. The average Bonchev–Trinajstić information content (AvgIpc) is 2.96. The third-order valence-electron chi connectivity index (χ3n) is 3.03. The number of imidazole rings is 1. The topological polar surface area (TPSA) is 64.4 Å². The molecular weight excluding hydrogens is 303 g/mol. The van der Waals surface area contributed by atoms with Gasteiger partial charge in [0.2, 0.25) is 0 Å². The smallest absolute Gasteiger partial charge is 0.469 e. The number of ether oxygens (including phenoxy) is 1. The molecule has 1 rings (SSSR count). The van der Waals surface area contributed by atoms with E-state index in [0.717, 1.165) is 7.11 Å². The summed E-state index contributed by atoms with van der Waals surface area (Å²) in [6.07, 6.45) is 0.106. The molecule has 0 saturated carbocycles. The Morgan fingerprint density at radius 3 is 2.59 bits per heavy atom. The van der Waals surface area contributed by atoms with Crippen molar-refractivity contribution in [2.75, 3.05) is 20.2 Å². The average molecular weight is 321 g/mol. The van der Waals surface area contributed by atoms with Crippen LogP contribution in [-0.2, 0) is 20.9 Å². The van der Waals surface area contributed by atoms with Crippen LogP contribution < -0.4 is 0 Å². The second kappa shape index (κ2) is 7.81. The monoisotopic (exact) mass is 321 g/mol. The summed E-state index contributed by atoms with van der Waals surface area (Å²) in [6.45, 7) is 1.39. The number of carbonyl (C=O) groups excluding carboxylic acids is 2. The van der Waals surface area contributed by atoms with Gasteiger partial charge in [-0.3, -0.25) is 9.59 Å². The molecule has 1 atom stereocenters. The fraction of sp³-hybridized carbons (Fsp3) is 0.615. The fourth-order valence-electron chi connectivity index (χ4n) is 1.92. The number of halogens is 3. The number of hydrogen-bond donors (Lipinski definition) is 0. The molecule has 0 saturated heterocycles. The highest BCUT2D eigenvalue weighted by Gasteiger charge is 2.42. The van der Waals surface area contributed by atoms with Gasteiger partial charge in [-0.15, -0.1) is 0 Å². The molecule has 0 radical (unpaired) electrons. The summed E-state index contributed by atoms with van der Waals surface area (Å²) in [6, 6.07) is 0. The summed E-state index contributed by atoms with van der Waals surface area (Å²) >= 11 is 0. The number of hydrogen-bond acceptors (Lipinski definition) is 4. The molecule has 0 aliphatic heterocycles. The van der Waals surface area contributed by atoms with Gasteiger partial charge in [-0.25, -0.2) is 4.98 Å². The Labute approximate surface area is 125 Å². The molecule has 0 aliphatic carbocycles. The molecular formula is C13H18F3N3O3. The van der Waals surface area contributed by atoms with Gasteiger partial charge in [0.15, 0.2) is 0 Å². The van der Waals surface area contributed by atoms with Crippen molar-refractivity contribution in [2.24, 2.45) is 5.92 Å². The Morgan fingerprint density at radius 2 is 2.09 bits per heavy atom. The van der Waals surface area contributed by atoms with Crippen molar-refractivity contribution in [3.63, 3.8) is 0 Å². The molecule has 1 aromatic rings. The van der Waals surface area contributed by atoms with Crippen LogP contribution in [0.2, 0.25) is 0 Å². The van der Waals surface area contributed by atoms with Crippen LogP contribution in [0.3, 0.4) is 0 Å². The van der Waals surface area contributed by atoms with E-state index in [1.807, 2.05) is 0 Å². The first kappa shape index (κ1) is 18.0. The number of carbonyl (C=O) groups is 2. The molecule has 1 unspecified atom stereocenters. The summed E-state index contributed by atoms with van der Waals surface area (Å²) in [4.78, 5) is 27.2. The zero-order valence-electron chi connectivity index (χ0n) is 12.3. The van der Waals surface area contributed by atoms with E-state index in [-0.39, 0.29) is 13.1 Å². The van der Waals surface area contributed by atoms with Gasteiger partial charge in [-0.1, -0.05) is 6.92 Å². The zero-order valence-corrected chi connectivity index (χ0v) is 12.3. The lowest BCUT2D eigenvalue weighted by atomic mass is 10.1. The molecule has 0 bridgehead atoms. The summed E-state index contributed by atoms with van der Waals surface area (Å²) in [7, 11) is 1.15. The largest absolute Gasteiger partial charge is 0.471 e. The quantitative estimate of drug-likeness (QED) is 0.714. The van der Waals surface area contributed by atoms with E-state index in [4.69, 9.17) is 0 Å². The van der Waals surface area contributed by atoms with Crippen molar-refractivity contribution in [3.8, 4) is 0 Å². The highest BCUT2D eigenvalue weighted by Crippen LogP contribution is 2.20. The first-order valence-corrected chi connectivity index (χ1v) is 6.65. The highest BCUT2D eigenvalue weighted by molar-refractivity contribution is 5.82. The van der Waals surface area contributed by atoms with Crippen LogP contribution in [0.25, 0.3) is 0 Å². The van der Waals surface area contributed by atoms with Crippen LogP contribution >= 0.6 is 0 Å². The highest BCUT2D eigenvalue weighted by atomic mass is 19.4. The second-order valence-corrected chi connectivity index (χ2v) is 4.83. The third-order valence-corrected chi connectivity index (χ3v) is 3.03. The Balaban J connectivity index is 2.65. The van der Waals surface area contributed by atoms with E-state index >= 15 is 0 Å². The van der Waals surface area contributed by atoms with Crippen molar-refractivity contribution >= 4 is 11.9 Å². The minimum Gasteiger partial charge on any atom is -0.469 e. The van der Waals surface area contributed by atoms with Crippen LogP contribution in [0, 0.1) is 5.92 Å². The normalized spacial score (nSPS) is 12.8. The molecule has 0 N–H and O–H groups in total. The van der Waals surface area contributed by atoms with E-state index in [9.17, 15) is 22.8 Å². The van der Waals surface area contributed by atoms with E-state index in [2.05, 4.69) is 9.72 Å². The maximum absolute atomic E-state index is 12.6. The van der Waals surface area contributed by atoms with Crippen LogP contribution in [-0.4, -0.2) is 52.7 Å². The molecule has 0 fully saturated rings. The van der Waals surface area contributed by atoms with Gasteiger partial charge in [0, 0.05) is 32.0 Å². The minimum atomic E-state index is -4.97. The molecule has 0 spiro atoms. The third kappa shape index (κ3) is 5.38. The molecule has 9 heteroatoms. The second-order valence-electron chi connectivity index (χ2n) is 4.83. The van der Waals surface area contributed by atoms with Crippen molar-refractivity contribution in [1.29, 1.82) is 0 Å². The van der Waals surface area contributed by atoms with Crippen LogP contribution in [0.4, 0.5) is 13.2 Å². The SMILES string of the molecule is COC(=O)C(C)CN(CCCn1ccnc1)C(=O)C(F)(F)F. The maximum Gasteiger partial charge on any atom is 0.471 e. The van der Waals surface area contributed by atoms with Crippen molar-refractivity contribution < 1.29 is 27.5 Å². The van der Waals surface area contributed by atoms with Gasteiger partial charge in [0.05, 0.1) is 19.4 Å². The van der Waals surface area contributed by atoms with E-state index in [0.29, 0.717) is 17.9 Å². The van der Waals surface area contributed by atoms with E-state index in [1.54, 1.807) is 17.0 Å². The van der Waals surface area contributed by atoms with Crippen LogP contribution in [0.1, 0.15) is 13.3 Å². The lowest BCUT2D eigenvalue weighted by molar-refractivity contribution is -0.186. The van der Waals surface area contributed by atoms with Crippen molar-refractivity contribution in [1.82, 2.24) is 14.5 Å². The number of esters is 1. The molecule has 1 heterocycles. The summed E-state index contributed by atoms with van der Waals surface area (Å²) in [5.41, 5.74) is 0. The first-order chi connectivity index (χ1) is 10.3. The van der Waals surface area contributed by atoms with Crippen molar-refractivity contribution in [2.45, 2.75) is 26.1 Å². The molecule has 0 aliphatic rings. The van der Waals surface area contributed by atoms with Crippen LogP contribution in [0.5, 0.6) is 0 Å². The standard InChI is InChI=1S/C13H18F3N3O3/c1-10(11(20)22-2)8-19(12(21)13(14,15)16)6-3-5-18-7-4-17-9-18/h4,7,9-10H,3,5-6,8H2,1-2H3. The Bertz CT molecular complexity index is 488. The summed E-state index contributed by atoms with van der Waals surface area (Å²) in [5.74, 6) is -3.44. The zero-order chi connectivity index (χ0) is 16.8. The van der Waals surface area contributed by atoms with Gasteiger partial charge in [0.1, 0.15) is 0 Å². The molecule has 22 heavy (non-hydrogen) atoms. The van der Waals surface area contributed by atoms with Crippen molar-refractivity contribution in [3.05, 3.63) is 18.7 Å². The van der Waals surface area contributed by atoms with Gasteiger partial charge in [-0.05, 0) is 6.42 Å². The number of aryl methyl sites for hydroxylation is 1. The summed E-state index contributed by atoms with van der Waals surface area (Å²) in [5, 5.41) is 0. The number of nitrogens with zero attached hydrogens (tertiary/aromatic N) is 3. The first-order valence-electron chi connectivity index (χ1n) is 6.65. The Morgan fingerprint density at radius 1 is 1.41 bits per heavy atom. The Kier molecular flexibility index (Phi) is 6.39. The molecule has 124 valence electrons. The minimum absolute atomic E-state index is 0.113. The number of alkyl halides is 3. The van der Waals surface area contributed by atoms with Gasteiger partial charge < -0.3 is 14.2 Å². The summed E-state index contributed by atoms with van der Waals surface area (Å²) < 4.78 is 44.0. The van der Waals surface area contributed by atoms with Crippen LogP contribution in [0.15, 0.2) is 18.7 Å².